The van der Waals surface area contributed by atoms with Crippen molar-refractivity contribution in [2.75, 3.05) is 0 Å². The molecule has 0 aliphatic heterocycles. The Hall–Kier alpha value is -2.66. The number of ether oxygens (including phenoxy) is 1. The molecule has 0 spiro atoms. The van der Waals surface area contributed by atoms with Gasteiger partial charge in [-0.1, -0.05) is 41.7 Å². The lowest BCUT2D eigenvalue weighted by Gasteiger charge is -2.06. The molecule has 1 N–H and O–H groups in total. The van der Waals surface area contributed by atoms with Gasteiger partial charge in [0.2, 0.25) is 0 Å². The number of aromatic nitrogens is 1. The summed E-state index contributed by atoms with van der Waals surface area (Å²) >= 11 is 1.42. The molecule has 1 amide bonds. The fourth-order valence-electron chi connectivity index (χ4n) is 1.92. The monoisotopic (exact) mass is 310 g/mol. The maximum absolute atomic E-state index is 12.1. The third-order valence-corrected chi connectivity index (χ3v) is 3.68. The third-order valence-electron chi connectivity index (χ3n) is 3.03. The highest BCUT2D eigenvalue weighted by Gasteiger charge is 2.06. The third kappa shape index (κ3) is 3.71. The van der Waals surface area contributed by atoms with E-state index in [9.17, 15) is 4.79 Å². The van der Waals surface area contributed by atoms with Crippen LogP contribution in [-0.4, -0.2) is 10.9 Å². The largest absolute Gasteiger partial charge is 0.431 e. The summed E-state index contributed by atoms with van der Waals surface area (Å²) in [6.45, 7) is 0.511. The van der Waals surface area contributed by atoms with Gasteiger partial charge in [0.25, 0.3) is 11.1 Å². The second kappa shape index (κ2) is 6.87. The highest BCUT2D eigenvalue weighted by atomic mass is 32.1. The Labute approximate surface area is 132 Å². The van der Waals surface area contributed by atoms with Gasteiger partial charge in [0.15, 0.2) is 0 Å². The second-order valence-corrected chi connectivity index (χ2v) is 5.45. The molecule has 0 fully saturated rings. The van der Waals surface area contributed by atoms with E-state index in [1.807, 2.05) is 35.7 Å². The molecule has 3 rings (SSSR count). The van der Waals surface area contributed by atoms with Gasteiger partial charge in [-0.05, 0) is 29.8 Å². The smallest absolute Gasteiger partial charge is 0.278 e. The summed E-state index contributed by atoms with van der Waals surface area (Å²) < 4.78 is 5.56. The van der Waals surface area contributed by atoms with Crippen molar-refractivity contribution < 1.29 is 9.53 Å². The quantitative estimate of drug-likeness (QED) is 0.778. The van der Waals surface area contributed by atoms with Gasteiger partial charge in [0.05, 0.1) is 0 Å². The van der Waals surface area contributed by atoms with E-state index in [2.05, 4.69) is 10.3 Å². The van der Waals surface area contributed by atoms with E-state index < -0.39 is 0 Å². The summed E-state index contributed by atoms with van der Waals surface area (Å²) in [7, 11) is 0. The van der Waals surface area contributed by atoms with Crippen LogP contribution in [0.1, 0.15) is 15.9 Å². The highest BCUT2D eigenvalue weighted by Crippen LogP contribution is 2.23. The van der Waals surface area contributed by atoms with Gasteiger partial charge < -0.3 is 10.1 Å². The van der Waals surface area contributed by atoms with Crippen LogP contribution in [0.2, 0.25) is 0 Å². The highest BCUT2D eigenvalue weighted by molar-refractivity contribution is 7.11. The van der Waals surface area contributed by atoms with E-state index in [0.29, 0.717) is 23.1 Å². The van der Waals surface area contributed by atoms with Crippen LogP contribution in [-0.2, 0) is 6.54 Å². The number of carbonyl (C=O) groups is 1. The standard InChI is InChI=1S/C17H14N2O2S/c20-16(19-12-13-4-2-1-3-5-13)14-6-8-15(9-7-14)21-17-18-10-11-22-17/h1-11H,12H2,(H,19,20). The number of benzene rings is 2. The molecule has 110 valence electrons. The van der Waals surface area contributed by atoms with Crippen LogP contribution in [0.5, 0.6) is 10.9 Å². The zero-order chi connectivity index (χ0) is 15.2. The molecule has 4 nitrogen and oxygen atoms in total. The van der Waals surface area contributed by atoms with Crippen molar-refractivity contribution in [2.24, 2.45) is 0 Å². The molecule has 22 heavy (non-hydrogen) atoms. The number of nitrogens with zero attached hydrogens (tertiary/aromatic N) is 1. The summed E-state index contributed by atoms with van der Waals surface area (Å²) in [4.78, 5) is 16.1. The molecule has 0 unspecified atom stereocenters. The number of rotatable bonds is 5. The first kappa shape index (κ1) is 14.3. The molecule has 2 aromatic carbocycles. The van der Waals surface area contributed by atoms with Crippen molar-refractivity contribution >= 4 is 17.2 Å². The lowest BCUT2D eigenvalue weighted by atomic mass is 10.2. The molecule has 1 heterocycles. The van der Waals surface area contributed by atoms with E-state index >= 15 is 0 Å². The molecule has 0 aliphatic carbocycles. The molecule has 0 atom stereocenters. The van der Waals surface area contributed by atoms with Crippen molar-refractivity contribution in [1.82, 2.24) is 10.3 Å². The van der Waals surface area contributed by atoms with Crippen LogP contribution in [0.15, 0.2) is 66.2 Å². The molecule has 0 saturated heterocycles. The van der Waals surface area contributed by atoms with Gasteiger partial charge in [0.1, 0.15) is 5.75 Å². The molecular weight excluding hydrogens is 296 g/mol. The van der Waals surface area contributed by atoms with Crippen LogP contribution in [0.4, 0.5) is 0 Å². The first-order valence-electron chi connectivity index (χ1n) is 6.81. The minimum atomic E-state index is -0.107. The number of nitrogens with one attached hydrogen (secondary N) is 1. The topological polar surface area (TPSA) is 51.2 Å². The van der Waals surface area contributed by atoms with Gasteiger partial charge in [-0.25, -0.2) is 4.98 Å². The summed E-state index contributed by atoms with van der Waals surface area (Å²) in [5.41, 5.74) is 1.67. The molecule has 3 aromatic rings. The van der Waals surface area contributed by atoms with Crippen molar-refractivity contribution in [1.29, 1.82) is 0 Å². The van der Waals surface area contributed by atoms with E-state index in [-0.39, 0.29) is 5.91 Å². The zero-order valence-electron chi connectivity index (χ0n) is 11.7. The minimum absolute atomic E-state index is 0.107. The lowest BCUT2D eigenvalue weighted by Crippen LogP contribution is -2.22. The average Bonchev–Trinajstić information content (AvgIpc) is 3.07. The number of carbonyl (C=O) groups excluding carboxylic acids is 1. The van der Waals surface area contributed by atoms with Crippen LogP contribution in [0.3, 0.4) is 0 Å². The number of thiazole rings is 1. The SMILES string of the molecule is O=C(NCc1ccccc1)c1ccc(Oc2nccs2)cc1. The Morgan fingerprint density at radius 3 is 2.55 bits per heavy atom. The average molecular weight is 310 g/mol. The molecule has 0 radical (unpaired) electrons. The molecular formula is C17H14N2O2S. The van der Waals surface area contributed by atoms with Gasteiger partial charge in [-0.2, -0.15) is 0 Å². The fraction of sp³-hybridized carbons (Fsp3) is 0.0588. The first-order valence-corrected chi connectivity index (χ1v) is 7.69. The molecule has 0 aliphatic rings. The normalized spacial score (nSPS) is 10.2. The summed E-state index contributed by atoms with van der Waals surface area (Å²) in [5, 5.41) is 5.32. The van der Waals surface area contributed by atoms with Crippen molar-refractivity contribution in [2.45, 2.75) is 6.54 Å². The van der Waals surface area contributed by atoms with E-state index in [0.717, 1.165) is 5.56 Å². The maximum Gasteiger partial charge on any atom is 0.278 e. The Kier molecular flexibility index (Phi) is 4.46. The van der Waals surface area contributed by atoms with Crippen LogP contribution >= 0.6 is 11.3 Å². The van der Waals surface area contributed by atoms with Crippen LogP contribution in [0.25, 0.3) is 0 Å². The van der Waals surface area contributed by atoms with Gasteiger partial charge in [0, 0.05) is 23.7 Å². The van der Waals surface area contributed by atoms with Crippen molar-refractivity contribution in [3.8, 4) is 10.9 Å². The van der Waals surface area contributed by atoms with E-state index in [4.69, 9.17) is 4.74 Å². The fourth-order valence-corrected chi connectivity index (χ4v) is 2.42. The maximum atomic E-state index is 12.1. The first-order chi connectivity index (χ1) is 10.8. The summed E-state index contributed by atoms with van der Waals surface area (Å²) in [6.07, 6.45) is 1.69. The van der Waals surface area contributed by atoms with Crippen molar-refractivity contribution in [3.05, 3.63) is 77.3 Å². The predicted molar refractivity (Wildman–Crippen MR) is 86.2 cm³/mol. The Bertz CT molecular complexity index is 725. The number of hydrogen-bond donors (Lipinski definition) is 1. The number of amides is 1. The second-order valence-electron chi connectivity index (χ2n) is 4.59. The molecule has 1 aromatic heterocycles. The Morgan fingerprint density at radius 1 is 1.09 bits per heavy atom. The number of hydrogen-bond acceptors (Lipinski definition) is 4. The Balaban J connectivity index is 1.59. The molecule has 0 saturated carbocycles. The van der Waals surface area contributed by atoms with E-state index in [1.54, 1.807) is 30.5 Å². The Morgan fingerprint density at radius 2 is 1.86 bits per heavy atom. The van der Waals surface area contributed by atoms with E-state index in [1.165, 1.54) is 11.3 Å². The molecule has 0 bridgehead atoms. The lowest BCUT2D eigenvalue weighted by molar-refractivity contribution is 0.0951. The zero-order valence-corrected chi connectivity index (χ0v) is 12.5. The van der Waals surface area contributed by atoms with Gasteiger partial charge in [-0.3, -0.25) is 4.79 Å². The van der Waals surface area contributed by atoms with Crippen LogP contribution < -0.4 is 10.1 Å². The predicted octanol–water partition coefficient (Wildman–Crippen LogP) is 3.87. The molecule has 5 heteroatoms. The van der Waals surface area contributed by atoms with Crippen LogP contribution in [0, 0.1) is 0 Å². The van der Waals surface area contributed by atoms with Gasteiger partial charge >= 0.3 is 0 Å². The minimum Gasteiger partial charge on any atom is -0.431 e. The summed E-state index contributed by atoms with van der Waals surface area (Å²) in [6, 6.07) is 16.8. The van der Waals surface area contributed by atoms with Gasteiger partial charge in [-0.15, -0.1) is 0 Å². The van der Waals surface area contributed by atoms with Crippen molar-refractivity contribution in [3.63, 3.8) is 0 Å². The summed E-state index contributed by atoms with van der Waals surface area (Å²) in [5.74, 6) is 0.555.